The van der Waals surface area contributed by atoms with Gasteiger partial charge >= 0.3 is 0 Å². The fraction of sp³-hybridized carbons (Fsp3) is 0.941. The lowest BCUT2D eigenvalue weighted by Gasteiger charge is -2.38. The van der Waals surface area contributed by atoms with Crippen LogP contribution in [-0.4, -0.2) is 75.3 Å². The maximum atomic E-state index is 5.23. The molecule has 0 unspecified atom stereocenters. The molecule has 1 aliphatic heterocycles. The number of nitrogens with one attached hydrogen (secondary N) is 1. The van der Waals surface area contributed by atoms with E-state index in [1.807, 2.05) is 7.05 Å². The van der Waals surface area contributed by atoms with Crippen molar-refractivity contribution in [1.29, 1.82) is 0 Å². The van der Waals surface area contributed by atoms with Gasteiger partial charge in [-0.2, -0.15) is 0 Å². The predicted octanol–water partition coefficient (Wildman–Crippen LogP) is 1.55. The monoisotopic (exact) mass is 308 g/mol. The largest absolute Gasteiger partial charge is 0.383 e. The van der Waals surface area contributed by atoms with Gasteiger partial charge in [0.1, 0.15) is 0 Å². The summed E-state index contributed by atoms with van der Waals surface area (Å²) < 4.78 is 5.23. The zero-order valence-electron chi connectivity index (χ0n) is 14.3. The molecular weight excluding hydrogens is 276 g/mol. The number of likely N-dealkylation sites (tertiary alicyclic amines) is 1. The third-order valence-electron chi connectivity index (χ3n) is 5.69. The van der Waals surface area contributed by atoms with Crippen LogP contribution in [0, 0.1) is 5.41 Å². The second kappa shape index (κ2) is 7.18. The van der Waals surface area contributed by atoms with Gasteiger partial charge in [0.15, 0.2) is 5.96 Å². The molecule has 0 aromatic rings. The quantitative estimate of drug-likeness (QED) is 0.572. The summed E-state index contributed by atoms with van der Waals surface area (Å²) in [6, 6.07) is 0.795. The van der Waals surface area contributed by atoms with E-state index in [2.05, 4.69) is 20.1 Å². The number of methoxy groups -OCH3 is 1. The molecule has 2 saturated carbocycles. The van der Waals surface area contributed by atoms with Gasteiger partial charge in [-0.1, -0.05) is 6.42 Å². The normalized spacial score (nSPS) is 24.1. The van der Waals surface area contributed by atoms with E-state index in [4.69, 9.17) is 4.74 Å². The van der Waals surface area contributed by atoms with Gasteiger partial charge in [0, 0.05) is 52.9 Å². The van der Waals surface area contributed by atoms with Crippen molar-refractivity contribution in [3.63, 3.8) is 0 Å². The minimum atomic E-state index is 0.635. The molecule has 126 valence electrons. The van der Waals surface area contributed by atoms with Crippen molar-refractivity contribution < 1.29 is 4.74 Å². The molecule has 3 aliphatic rings. The zero-order chi connectivity index (χ0) is 15.4. The number of hydrogen-bond donors (Lipinski definition) is 1. The molecule has 0 amide bonds. The van der Waals surface area contributed by atoms with Crippen molar-refractivity contribution in [2.24, 2.45) is 10.4 Å². The van der Waals surface area contributed by atoms with Crippen molar-refractivity contribution in [3.8, 4) is 0 Å². The number of guanidine groups is 1. The summed E-state index contributed by atoms with van der Waals surface area (Å²) in [4.78, 5) is 9.53. The van der Waals surface area contributed by atoms with Gasteiger partial charge in [0.05, 0.1) is 6.61 Å². The number of rotatable bonds is 7. The molecule has 1 saturated heterocycles. The van der Waals surface area contributed by atoms with Crippen molar-refractivity contribution in [2.45, 2.75) is 44.6 Å². The molecule has 0 atom stereocenters. The first-order chi connectivity index (χ1) is 10.8. The second-order valence-corrected chi connectivity index (χ2v) is 7.26. The van der Waals surface area contributed by atoms with Gasteiger partial charge in [-0.25, -0.2) is 0 Å². The van der Waals surface area contributed by atoms with Crippen molar-refractivity contribution in [3.05, 3.63) is 0 Å². The zero-order valence-corrected chi connectivity index (χ0v) is 14.3. The minimum Gasteiger partial charge on any atom is -0.383 e. The Kier molecular flexibility index (Phi) is 5.24. The van der Waals surface area contributed by atoms with E-state index in [1.165, 1.54) is 51.6 Å². The minimum absolute atomic E-state index is 0.635. The molecule has 1 spiro atoms. The summed E-state index contributed by atoms with van der Waals surface area (Å²) in [6.07, 6.45) is 8.34. The Labute approximate surface area is 135 Å². The average Bonchev–Trinajstić information content (AvgIpc) is 3.23. The van der Waals surface area contributed by atoms with Gasteiger partial charge in [0.25, 0.3) is 0 Å². The van der Waals surface area contributed by atoms with Crippen LogP contribution in [-0.2, 0) is 4.74 Å². The highest BCUT2D eigenvalue weighted by molar-refractivity contribution is 5.80. The highest BCUT2D eigenvalue weighted by Crippen LogP contribution is 2.47. The standard InChI is InChI=1S/C17H32N4O/c1-18-16(21-10-8-17(14-21)6-3-7-17)19-9-11-20(12-13-22-2)15-4-5-15/h15H,3-14H2,1-2H3,(H,18,19). The first-order valence-electron chi connectivity index (χ1n) is 8.95. The van der Waals surface area contributed by atoms with Gasteiger partial charge in [0.2, 0.25) is 0 Å². The van der Waals surface area contributed by atoms with Crippen molar-refractivity contribution in [2.75, 3.05) is 53.5 Å². The molecular formula is C17H32N4O. The van der Waals surface area contributed by atoms with E-state index in [9.17, 15) is 0 Å². The molecule has 5 nitrogen and oxygen atoms in total. The summed E-state index contributed by atoms with van der Waals surface area (Å²) in [7, 11) is 3.70. The van der Waals surface area contributed by atoms with Gasteiger partial charge < -0.3 is 15.0 Å². The Bertz CT molecular complexity index is 390. The SMILES string of the molecule is CN=C(NCCN(CCOC)C1CC1)N1CCC2(CCC2)C1. The van der Waals surface area contributed by atoms with E-state index in [1.54, 1.807) is 7.11 Å². The molecule has 0 radical (unpaired) electrons. The van der Waals surface area contributed by atoms with Crippen molar-refractivity contribution in [1.82, 2.24) is 15.1 Å². The van der Waals surface area contributed by atoms with Crippen LogP contribution in [0.2, 0.25) is 0 Å². The first-order valence-corrected chi connectivity index (χ1v) is 8.95. The molecule has 1 N–H and O–H groups in total. The second-order valence-electron chi connectivity index (χ2n) is 7.26. The molecule has 0 aromatic heterocycles. The summed E-state index contributed by atoms with van der Waals surface area (Å²) in [6.45, 7) is 6.34. The van der Waals surface area contributed by atoms with E-state index in [0.29, 0.717) is 5.41 Å². The van der Waals surface area contributed by atoms with E-state index in [0.717, 1.165) is 38.2 Å². The van der Waals surface area contributed by atoms with Crippen LogP contribution in [0.25, 0.3) is 0 Å². The smallest absolute Gasteiger partial charge is 0.193 e. The fourth-order valence-electron chi connectivity index (χ4n) is 3.97. The topological polar surface area (TPSA) is 40.1 Å². The van der Waals surface area contributed by atoms with Crippen molar-refractivity contribution >= 4 is 5.96 Å². The molecule has 22 heavy (non-hydrogen) atoms. The van der Waals surface area contributed by atoms with Crippen LogP contribution >= 0.6 is 0 Å². The van der Waals surface area contributed by atoms with Crippen LogP contribution in [0.4, 0.5) is 0 Å². The average molecular weight is 308 g/mol. The summed E-state index contributed by atoms with van der Waals surface area (Å²) in [5.74, 6) is 1.10. The Morgan fingerprint density at radius 1 is 1.32 bits per heavy atom. The summed E-state index contributed by atoms with van der Waals surface area (Å²) in [5, 5.41) is 3.58. The lowest BCUT2D eigenvalue weighted by molar-refractivity contribution is 0.144. The lowest BCUT2D eigenvalue weighted by Crippen LogP contribution is -2.45. The fourth-order valence-corrected chi connectivity index (χ4v) is 3.97. The van der Waals surface area contributed by atoms with E-state index < -0.39 is 0 Å². The highest BCUT2D eigenvalue weighted by atomic mass is 16.5. The van der Waals surface area contributed by atoms with Gasteiger partial charge in [-0.3, -0.25) is 9.89 Å². The lowest BCUT2D eigenvalue weighted by atomic mass is 9.68. The van der Waals surface area contributed by atoms with E-state index >= 15 is 0 Å². The third kappa shape index (κ3) is 3.74. The third-order valence-corrected chi connectivity index (χ3v) is 5.69. The Balaban J connectivity index is 1.41. The first kappa shape index (κ1) is 16.1. The van der Waals surface area contributed by atoms with Gasteiger partial charge in [-0.05, 0) is 37.5 Å². The van der Waals surface area contributed by atoms with E-state index in [-0.39, 0.29) is 0 Å². The Hall–Kier alpha value is -0.810. The van der Waals surface area contributed by atoms with Crippen LogP contribution in [0.3, 0.4) is 0 Å². The maximum Gasteiger partial charge on any atom is 0.193 e. The van der Waals surface area contributed by atoms with Gasteiger partial charge in [-0.15, -0.1) is 0 Å². The summed E-state index contributed by atoms with van der Waals surface area (Å²) >= 11 is 0. The number of hydrogen-bond acceptors (Lipinski definition) is 3. The molecule has 0 bridgehead atoms. The number of aliphatic imine (C=N–C) groups is 1. The maximum absolute atomic E-state index is 5.23. The molecule has 3 rings (SSSR count). The van der Waals surface area contributed by atoms with Crippen LogP contribution < -0.4 is 5.32 Å². The van der Waals surface area contributed by atoms with Crippen LogP contribution in [0.1, 0.15) is 38.5 Å². The highest BCUT2D eigenvalue weighted by Gasteiger charge is 2.43. The molecule has 1 heterocycles. The summed E-state index contributed by atoms with van der Waals surface area (Å²) in [5.41, 5.74) is 0.635. The molecule has 5 heteroatoms. The number of ether oxygens (including phenoxy) is 1. The molecule has 2 aliphatic carbocycles. The molecule has 3 fully saturated rings. The number of nitrogens with zero attached hydrogens (tertiary/aromatic N) is 3. The molecule has 0 aromatic carbocycles. The Morgan fingerprint density at radius 2 is 2.14 bits per heavy atom. The Morgan fingerprint density at radius 3 is 2.68 bits per heavy atom. The van der Waals surface area contributed by atoms with Crippen LogP contribution in [0.15, 0.2) is 4.99 Å². The van der Waals surface area contributed by atoms with Crippen LogP contribution in [0.5, 0.6) is 0 Å². The predicted molar refractivity (Wildman–Crippen MR) is 90.3 cm³/mol.